The zero-order chi connectivity index (χ0) is 16.6. The lowest BCUT2D eigenvalue weighted by Gasteiger charge is -2.18. The molecule has 1 N–H and O–H groups in total. The van der Waals surface area contributed by atoms with Gasteiger partial charge in [0.15, 0.2) is 0 Å². The minimum atomic E-state index is -3.50. The van der Waals surface area contributed by atoms with Crippen LogP contribution in [0.4, 0.5) is 5.69 Å². The summed E-state index contributed by atoms with van der Waals surface area (Å²) in [4.78, 5) is 12.0. The number of carbonyl (C=O) groups excluding carboxylic acids is 1. The third kappa shape index (κ3) is 5.10. The highest BCUT2D eigenvalue weighted by Gasteiger charge is 2.21. The highest BCUT2D eigenvalue weighted by molar-refractivity contribution is 7.89. The fourth-order valence-corrected chi connectivity index (χ4v) is 3.71. The number of sulfonamides is 1. The number of amides is 1. The van der Waals surface area contributed by atoms with E-state index in [0.717, 1.165) is 19.3 Å². The second-order valence-corrected chi connectivity index (χ2v) is 7.06. The fourth-order valence-electron chi connectivity index (χ4n) is 2.21. The molecule has 0 spiro atoms. The molecule has 0 aliphatic rings. The molecule has 0 unspecified atom stereocenters. The van der Waals surface area contributed by atoms with Crippen molar-refractivity contribution in [2.75, 3.05) is 18.4 Å². The maximum atomic E-state index is 12.5. The van der Waals surface area contributed by atoms with Crippen LogP contribution in [0.25, 0.3) is 0 Å². The van der Waals surface area contributed by atoms with Crippen molar-refractivity contribution in [3.05, 3.63) is 24.3 Å². The summed E-state index contributed by atoms with van der Waals surface area (Å²) in [5.74, 6) is -0.0779. The predicted octanol–water partition coefficient (Wildman–Crippen LogP) is 3.24. The molecule has 0 heterocycles. The number of unbranched alkanes of at least 4 members (excludes halogenated alkanes) is 2. The number of carbonyl (C=O) groups is 1. The number of benzene rings is 1. The van der Waals surface area contributed by atoms with Gasteiger partial charge in [0.2, 0.25) is 15.9 Å². The standard InChI is InChI=1S/C16H26N2O3S/c1-4-7-8-12-16(19)17-14-10-9-11-15(13-14)22(20,21)18(5-2)6-3/h9-11,13H,4-8,12H2,1-3H3,(H,17,19). The molecular weight excluding hydrogens is 300 g/mol. The van der Waals surface area contributed by atoms with E-state index in [2.05, 4.69) is 12.2 Å². The fraction of sp³-hybridized carbons (Fsp3) is 0.562. The Morgan fingerprint density at radius 3 is 2.41 bits per heavy atom. The van der Waals surface area contributed by atoms with Crippen molar-refractivity contribution in [2.45, 2.75) is 51.3 Å². The van der Waals surface area contributed by atoms with Gasteiger partial charge in [0.1, 0.15) is 0 Å². The third-order valence-electron chi connectivity index (χ3n) is 3.47. The van der Waals surface area contributed by atoms with Gasteiger partial charge in [0, 0.05) is 25.2 Å². The molecule has 0 saturated carbocycles. The third-order valence-corrected chi connectivity index (χ3v) is 5.51. The van der Waals surface area contributed by atoms with Crippen LogP contribution in [0.2, 0.25) is 0 Å². The van der Waals surface area contributed by atoms with Gasteiger partial charge in [0.05, 0.1) is 4.90 Å². The molecule has 22 heavy (non-hydrogen) atoms. The maximum absolute atomic E-state index is 12.5. The molecule has 124 valence electrons. The van der Waals surface area contributed by atoms with Crippen LogP contribution in [0.15, 0.2) is 29.2 Å². The van der Waals surface area contributed by atoms with Gasteiger partial charge in [-0.15, -0.1) is 0 Å². The second kappa shape index (κ2) is 8.90. The average molecular weight is 326 g/mol. The average Bonchev–Trinajstić information content (AvgIpc) is 2.48. The highest BCUT2D eigenvalue weighted by atomic mass is 32.2. The number of nitrogens with zero attached hydrogens (tertiary/aromatic N) is 1. The molecule has 1 rings (SSSR count). The number of rotatable bonds is 9. The monoisotopic (exact) mass is 326 g/mol. The quantitative estimate of drug-likeness (QED) is 0.708. The van der Waals surface area contributed by atoms with Gasteiger partial charge in [-0.2, -0.15) is 4.31 Å². The van der Waals surface area contributed by atoms with E-state index in [9.17, 15) is 13.2 Å². The van der Waals surface area contributed by atoms with Gasteiger partial charge in [-0.05, 0) is 24.6 Å². The molecule has 0 aliphatic heterocycles. The van der Waals surface area contributed by atoms with Crippen molar-refractivity contribution in [1.82, 2.24) is 4.31 Å². The number of hydrogen-bond donors (Lipinski definition) is 1. The van der Waals surface area contributed by atoms with Crippen molar-refractivity contribution in [3.8, 4) is 0 Å². The molecule has 0 saturated heterocycles. The first kappa shape index (κ1) is 18.6. The van der Waals surface area contributed by atoms with Crippen LogP contribution in [0.1, 0.15) is 46.5 Å². The summed E-state index contributed by atoms with van der Waals surface area (Å²) in [5.41, 5.74) is 0.523. The lowest BCUT2D eigenvalue weighted by atomic mass is 10.2. The van der Waals surface area contributed by atoms with Crippen molar-refractivity contribution >= 4 is 21.6 Å². The summed E-state index contributed by atoms with van der Waals surface area (Å²) in [6.07, 6.45) is 3.38. The summed E-state index contributed by atoms with van der Waals surface area (Å²) >= 11 is 0. The molecule has 0 atom stereocenters. The molecule has 0 bridgehead atoms. The molecule has 5 nitrogen and oxygen atoms in total. The van der Waals surface area contributed by atoms with Crippen LogP contribution in [-0.2, 0) is 14.8 Å². The first-order chi connectivity index (χ1) is 10.5. The molecule has 0 fully saturated rings. The topological polar surface area (TPSA) is 66.5 Å². The van der Waals surface area contributed by atoms with E-state index >= 15 is 0 Å². The number of anilines is 1. The molecule has 1 aromatic carbocycles. The molecule has 1 amide bonds. The Morgan fingerprint density at radius 2 is 1.82 bits per heavy atom. The molecule has 1 aromatic rings. The van der Waals surface area contributed by atoms with Gasteiger partial charge in [-0.3, -0.25) is 4.79 Å². The lowest BCUT2D eigenvalue weighted by molar-refractivity contribution is -0.116. The zero-order valence-corrected chi connectivity index (χ0v) is 14.4. The van der Waals surface area contributed by atoms with Crippen LogP contribution in [0, 0.1) is 0 Å². The Hall–Kier alpha value is -1.40. The Morgan fingerprint density at radius 1 is 1.14 bits per heavy atom. The van der Waals surface area contributed by atoms with Crippen LogP contribution >= 0.6 is 0 Å². The number of hydrogen-bond acceptors (Lipinski definition) is 3. The van der Waals surface area contributed by atoms with Crippen molar-refractivity contribution in [2.24, 2.45) is 0 Å². The van der Waals surface area contributed by atoms with Crippen molar-refractivity contribution in [3.63, 3.8) is 0 Å². The minimum Gasteiger partial charge on any atom is -0.326 e. The number of nitrogens with one attached hydrogen (secondary N) is 1. The van der Waals surface area contributed by atoms with Crippen LogP contribution in [-0.4, -0.2) is 31.7 Å². The highest BCUT2D eigenvalue weighted by Crippen LogP contribution is 2.19. The zero-order valence-electron chi connectivity index (χ0n) is 13.6. The molecule has 0 radical (unpaired) electrons. The predicted molar refractivity (Wildman–Crippen MR) is 89.3 cm³/mol. The Labute approximate surface area is 133 Å². The Bertz CT molecular complexity index is 581. The van der Waals surface area contributed by atoms with E-state index in [1.165, 1.54) is 10.4 Å². The first-order valence-electron chi connectivity index (χ1n) is 7.85. The van der Waals surface area contributed by atoms with Gasteiger partial charge in [-0.25, -0.2) is 8.42 Å². The van der Waals surface area contributed by atoms with Crippen molar-refractivity contribution < 1.29 is 13.2 Å². The smallest absolute Gasteiger partial charge is 0.243 e. The Kier molecular flexibility index (Phi) is 7.55. The van der Waals surface area contributed by atoms with Crippen molar-refractivity contribution in [1.29, 1.82) is 0 Å². The molecular formula is C16H26N2O3S. The summed E-state index contributed by atoms with van der Waals surface area (Å²) in [6.45, 7) is 6.54. The van der Waals surface area contributed by atoms with E-state index in [1.807, 2.05) is 0 Å². The molecule has 0 aliphatic carbocycles. The van der Waals surface area contributed by atoms with E-state index in [1.54, 1.807) is 32.0 Å². The largest absolute Gasteiger partial charge is 0.326 e. The molecule has 0 aromatic heterocycles. The summed E-state index contributed by atoms with van der Waals surface area (Å²) < 4.78 is 26.3. The van der Waals surface area contributed by atoms with E-state index in [4.69, 9.17) is 0 Å². The van der Waals surface area contributed by atoms with E-state index in [-0.39, 0.29) is 10.8 Å². The normalized spacial score (nSPS) is 11.6. The molecule has 6 heteroatoms. The second-order valence-electron chi connectivity index (χ2n) is 5.12. The summed E-state index contributed by atoms with van der Waals surface area (Å²) in [6, 6.07) is 6.43. The lowest BCUT2D eigenvalue weighted by Crippen LogP contribution is -2.30. The maximum Gasteiger partial charge on any atom is 0.243 e. The Balaban J connectivity index is 2.84. The van der Waals surface area contributed by atoms with Crippen LogP contribution in [0.5, 0.6) is 0 Å². The van der Waals surface area contributed by atoms with Gasteiger partial charge < -0.3 is 5.32 Å². The van der Waals surface area contributed by atoms with Crippen LogP contribution in [0.3, 0.4) is 0 Å². The van der Waals surface area contributed by atoms with Gasteiger partial charge >= 0.3 is 0 Å². The van der Waals surface area contributed by atoms with Gasteiger partial charge in [-0.1, -0.05) is 39.7 Å². The summed E-state index contributed by atoms with van der Waals surface area (Å²) in [7, 11) is -3.50. The summed E-state index contributed by atoms with van der Waals surface area (Å²) in [5, 5.41) is 2.77. The van der Waals surface area contributed by atoms with Gasteiger partial charge in [0.25, 0.3) is 0 Å². The SMILES string of the molecule is CCCCCC(=O)Nc1cccc(S(=O)(=O)N(CC)CC)c1. The van der Waals surface area contributed by atoms with Crippen LogP contribution < -0.4 is 5.32 Å². The van der Waals surface area contributed by atoms with E-state index < -0.39 is 10.0 Å². The minimum absolute atomic E-state index is 0.0779. The van der Waals surface area contributed by atoms with E-state index in [0.29, 0.717) is 25.2 Å². The first-order valence-corrected chi connectivity index (χ1v) is 9.29.